The van der Waals surface area contributed by atoms with Gasteiger partial charge in [0, 0.05) is 61.0 Å². The van der Waals surface area contributed by atoms with Crippen molar-refractivity contribution in [1.29, 1.82) is 0 Å². The van der Waals surface area contributed by atoms with E-state index in [9.17, 15) is 19.2 Å². The molecule has 0 spiro atoms. The van der Waals surface area contributed by atoms with E-state index < -0.39 is 17.9 Å². The molecule has 2 atom stereocenters. The molecular formula is C41H43ClN2O8. The third kappa shape index (κ3) is 12.6. The molecule has 1 aliphatic heterocycles. The molecule has 4 aromatic rings. The first-order chi connectivity index (χ1) is 25.1. The zero-order valence-electron chi connectivity index (χ0n) is 29.0. The van der Waals surface area contributed by atoms with E-state index in [1.807, 2.05) is 36.4 Å². The van der Waals surface area contributed by atoms with Crippen LogP contribution < -0.4 is 0 Å². The number of piperazine rings is 1. The summed E-state index contributed by atoms with van der Waals surface area (Å²) in [6, 6.07) is 35.3. The minimum Gasteiger partial charge on any atom is -0.478 e. The number of carboxylic acids is 2. The second kappa shape index (κ2) is 20.7. The van der Waals surface area contributed by atoms with Gasteiger partial charge in [-0.15, -0.1) is 0 Å². The third-order valence-corrected chi connectivity index (χ3v) is 8.76. The number of carbonyl (C=O) groups is 4. The number of hydrogen-bond acceptors (Lipinski definition) is 8. The summed E-state index contributed by atoms with van der Waals surface area (Å²) >= 11 is 6.17. The Morgan fingerprint density at radius 2 is 1.25 bits per heavy atom. The molecule has 4 aromatic carbocycles. The van der Waals surface area contributed by atoms with Gasteiger partial charge in [0.15, 0.2) is 5.78 Å². The monoisotopic (exact) mass is 726 g/mol. The van der Waals surface area contributed by atoms with Crippen LogP contribution in [0.1, 0.15) is 51.5 Å². The lowest BCUT2D eigenvalue weighted by atomic mass is 9.96. The van der Waals surface area contributed by atoms with Crippen LogP contribution in [0.15, 0.2) is 121 Å². The largest absolute Gasteiger partial charge is 0.478 e. The molecular weight excluding hydrogens is 684 g/mol. The fourth-order valence-corrected chi connectivity index (χ4v) is 5.87. The SMILES string of the molecule is CC(C(=O)OCCOCCN1CCN(C(c2ccccc2)c2ccc(Cl)cc2)CC1)c1cccc(C(=O)c2ccccc2)c1.O=C(O)/C=C\C(=O)O. The van der Waals surface area contributed by atoms with E-state index in [1.165, 1.54) is 11.1 Å². The summed E-state index contributed by atoms with van der Waals surface area (Å²) in [4.78, 5) is 49.6. The van der Waals surface area contributed by atoms with Gasteiger partial charge < -0.3 is 19.7 Å². The van der Waals surface area contributed by atoms with Crippen molar-refractivity contribution < 1.29 is 38.9 Å². The molecule has 1 aliphatic rings. The Kier molecular flexibility index (Phi) is 15.7. The van der Waals surface area contributed by atoms with Gasteiger partial charge in [0.25, 0.3) is 0 Å². The summed E-state index contributed by atoms with van der Waals surface area (Å²) in [5.41, 5.74) is 4.45. The van der Waals surface area contributed by atoms with Gasteiger partial charge in [-0.05, 0) is 41.8 Å². The first-order valence-electron chi connectivity index (χ1n) is 17.0. The van der Waals surface area contributed by atoms with Crippen LogP contribution in [0.4, 0.5) is 0 Å². The smallest absolute Gasteiger partial charge is 0.328 e. The number of benzene rings is 4. The number of halogens is 1. The average Bonchev–Trinajstić information content (AvgIpc) is 3.17. The van der Waals surface area contributed by atoms with E-state index in [0.717, 1.165) is 43.3 Å². The fraction of sp³-hybridized carbons (Fsp3) is 0.268. The van der Waals surface area contributed by atoms with Crippen molar-refractivity contribution in [3.8, 4) is 0 Å². The standard InChI is InChI=1S/C37H39ClN2O4.C4H4O4/c1-28(32-13-8-14-33(27-32)36(41)31-11-6-3-7-12-31)37(42)44-26-25-43-24-23-39-19-21-40(22-20-39)35(29-9-4-2-5-10-29)30-15-17-34(38)18-16-30;5-3(6)1-2-4(7)8/h2-18,27-28,35H,19-26H2,1H3;1-2H,(H,5,6)(H,7,8)/b;2-1-. The highest BCUT2D eigenvalue weighted by molar-refractivity contribution is 6.30. The van der Waals surface area contributed by atoms with Gasteiger partial charge in [-0.1, -0.05) is 103 Å². The third-order valence-electron chi connectivity index (χ3n) is 8.50. The lowest BCUT2D eigenvalue weighted by molar-refractivity contribution is -0.146. The number of carboxylic acid groups (broad SMARTS) is 2. The molecule has 11 heteroatoms. The van der Waals surface area contributed by atoms with Crippen LogP contribution in [0.2, 0.25) is 5.02 Å². The molecule has 1 saturated heterocycles. The Labute approximate surface area is 308 Å². The van der Waals surface area contributed by atoms with E-state index in [0.29, 0.717) is 36.5 Å². The number of carbonyl (C=O) groups excluding carboxylic acids is 2. The highest BCUT2D eigenvalue weighted by Crippen LogP contribution is 2.30. The van der Waals surface area contributed by atoms with Crippen molar-refractivity contribution >= 4 is 35.3 Å². The lowest BCUT2D eigenvalue weighted by Gasteiger charge is -2.39. The predicted molar refractivity (Wildman–Crippen MR) is 199 cm³/mol. The molecule has 0 radical (unpaired) electrons. The van der Waals surface area contributed by atoms with Crippen molar-refractivity contribution in [2.75, 3.05) is 52.5 Å². The quantitative estimate of drug-likeness (QED) is 0.0618. The second-order valence-corrected chi connectivity index (χ2v) is 12.5. The Bertz CT molecular complexity index is 1760. The summed E-state index contributed by atoms with van der Waals surface area (Å²) in [6.07, 6.45) is 1.12. The van der Waals surface area contributed by atoms with E-state index in [-0.39, 0.29) is 24.4 Å². The Hall–Kier alpha value is -5.13. The molecule has 10 nitrogen and oxygen atoms in total. The van der Waals surface area contributed by atoms with E-state index >= 15 is 0 Å². The van der Waals surface area contributed by atoms with Crippen LogP contribution in [0.5, 0.6) is 0 Å². The maximum absolute atomic E-state index is 12.8. The van der Waals surface area contributed by atoms with Gasteiger partial charge in [0.1, 0.15) is 6.61 Å². The van der Waals surface area contributed by atoms with Crippen LogP contribution in [0.3, 0.4) is 0 Å². The summed E-state index contributed by atoms with van der Waals surface area (Å²) in [7, 11) is 0. The number of ketones is 1. The normalized spacial score (nSPS) is 14.5. The average molecular weight is 727 g/mol. The van der Waals surface area contributed by atoms with Gasteiger partial charge >= 0.3 is 17.9 Å². The first-order valence-corrected chi connectivity index (χ1v) is 17.3. The summed E-state index contributed by atoms with van der Waals surface area (Å²) < 4.78 is 11.3. The number of hydrogen-bond donors (Lipinski definition) is 2. The van der Waals surface area contributed by atoms with Crippen molar-refractivity contribution in [1.82, 2.24) is 9.80 Å². The number of nitrogens with zero attached hydrogens (tertiary/aromatic N) is 2. The Morgan fingerprint density at radius 3 is 1.87 bits per heavy atom. The number of aliphatic carboxylic acids is 2. The second-order valence-electron chi connectivity index (χ2n) is 12.1. The van der Waals surface area contributed by atoms with Crippen LogP contribution in [-0.2, 0) is 23.9 Å². The molecule has 2 N–H and O–H groups in total. The zero-order chi connectivity index (χ0) is 37.3. The Morgan fingerprint density at radius 1 is 0.692 bits per heavy atom. The number of esters is 1. The van der Waals surface area contributed by atoms with Gasteiger partial charge in [-0.3, -0.25) is 19.4 Å². The van der Waals surface area contributed by atoms with Crippen molar-refractivity contribution in [2.45, 2.75) is 18.9 Å². The van der Waals surface area contributed by atoms with Crippen LogP contribution in [0, 0.1) is 0 Å². The zero-order valence-corrected chi connectivity index (χ0v) is 29.7. The molecule has 5 rings (SSSR count). The molecule has 1 heterocycles. The molecule has 0 saturated carbocycles. The lowest BCUT2D eigenvalue weighted by Crippen LogP contribution is -2.48. The fourth-order valence-electron chi connectivity index (χ4n) is 5.75. The van der Waals surface area contributed by atoms with Crippen LogP contribution in [-0.4, -0.2) is 96.2 Å². The van der Waals surface area contributed by atoms with E-state index in [2.05, 4.69) is 52.3 Å². The number of rotatable bonds is 15. The van der Waals surface area contributed by atoms with Gasteiger partial charge in [0.05, 0.1) is 25.2 Å². The highest BCUT2D eigenvalue weighted by Gasteiger charge is 2.26. The van der Waals surface area contributed by atoms with E-state index in [1.54, 1.807) is 37.3 Å². The molecule has 0 amide bonds. The Balaban J connectivity index is 0.000000677. The molecule has 0 aliphatic carbocycles. The topological polar surface area (TPSA) is 134 Å². The van der Waals surface area contributed by atoms with E-state index in [4.69, 9.17) is 31.3 Å². The van der Waals surface area contributed by atoms with Crippen molar-refractivity contribution in [3.05, 3.63) is 154 Å². The molecule has 0 aromatic heterocycles. The molecule has 2 unspecified atom stereocenters. The maximum Gasteiger partial charge on any atom is 0.328 e. The summed E-state index contributed by atoms with van der Waals surface area (Å²) in [6.45, 7) is 7.57. The maximum atomic E-state index is 12.8. The van der Waals surface area contributed by atoms with Gasteiger partial charge in [-0.25, -0.2) is 9.59 Å². The molecule has 272 valence electrons. The van der Waals surface area contributed by atoms with Crippen molar-refractivity contribution in [2.24, 2.45) is 0 Å². The summed E-state index contributed by atoms with van der Waals surface area (Å²) in [5.74, 6) is -3.40. The van der Waals surface area contributed by atoms with Crippen LogP contribution >= 0.6 is 11.6 Å². The van der Waals surface area contributed by atoms with Gasteiger partial charge in [0.2, 0.25) is 0 Å². The molecule has 0 bridgehead atoms. The van der Waals surface area contributed by atoms with Crippen LogP contribution in [0.25, 0.3) is 0 Å². The first kappa shape index (κ1) is 39.7. The highest BCUT2D eigenvalue weighted by atomic mass is 35.5. The van der Waals surface area contributed by atoms with Crippen molar-refractivity contribution in [3.63, 3.8) is 0 Å². The number of ether oxygens (including phenoxy) is 2. The molecule has 52 heavy (non-hydrogen) atoms. The summed E-state index contributed by atoms with van der Waals surface area (Å²) in [5, 5.41) is 16.4. The predicted octanol–water partition coefficient (Wildman–Crippen LogP) is 6.35. The minimum atomic E-state index is -1.26. The molecule has 1 fully saturated rings. The van der Waals surface area contributed by atoms with Gasteiger partial charge in [-0.2, -0.15) is 0 Å². The minimum absolute atomic E-state index is 0.0691.